The minimum atomic E-state index is -1.12. The Hall–Kier alpha value is -2.63. The number of nitrogens with two attached hydrogens (primary N) is 1. The van der Waals surface area contributed by atoms with Gasteiger partial charge in [0.25, 0.3) is 0 Å². The third kappa shape index (κ3) is 2.79. The van der Waals surface area contributed by atoms with Crippen LogP contribution in [-0.4, -0.2) is 21.9 Å². The van der Waals surface area contributed by atoms with E-state index >= 15 is 0 Å². The molecule has 0 unspecified atom stereocenters. The molecule has 0 spiro atoms. The van der Waals surface area contributed by atoms with Gasteiger partial charge in [-0.1, -0.05) is 23.4 Å². The lowest BCUT2D eigenvalue weighted by molar-refractivity contribution is -0.121. The van der Waals surface area contributed by atoms with Crippen molar-refractivity contribution in [1.82, 2.24) is 4.98 Å². The first-order chi connectivity index (χ1) is 9.86. The topological polar surface area (TPSA) is 101 Å². The molecule has 0 radical (unpaired) electrons. The summed E-state index contributed by atoms with van der Waals surface area (Å²) in [6, 6.07) is 9.39. The fourth-order valence-electron chi connectivity index (χ4n) is 1.87. The predicted octanol–water partition coefficient (Wildman–Crippen LogP) is 2.25. The average Bonchev–Trinajstić information content (AvgIpc) is 2.46. The summed E-state index contributed by atoms with van der Waals surface area (Å²) in [5.41, 5.74) is 6.61. The van der Waals surface area contributed by atoms with Gasteiger partial charge in [-0.05, 0) is 32.9 Å². The molecule has 2 rings (SSSR count). The maximum absolute atomic E-state index is 12.4. The molecule has 1 amide bonds. The summed E-state index contributed by atoms with van der Waals surface area (Å²) in [5, 5.41) is 15.4. The molecule has 21 heavy (non-hydrogen) atoms. The van der Waals surface area contributed by atoms with Crippen LogP contribution in [0.1, 0.15) is 19.5 Å². The van der Waals surface area contributed by atoms with Crippen LogP contribution in [0.4, 0.5) is 5.69 Å². The predicted molar refractivity (Wildman–Crippen MR) is 82.3 cm³/mol. The standard InChI is InChI=1S/C15H18N4O2/c1-9-7-8-10-5-4-6-11(12(10)17-9)18-14(20)15(2,3)13(16)19-21/h4-8,21H,1-3H3,(H2,16,19)(H,18,20). The van der Waals surface area contributed by atoms with E-state index in [1.807, 2.05) is 31.2 Å². The highest BCUT2D eigenvalue weighted by Crippen LogP contribution is 2.24. The van der Waals surface area contributed by atoms with Crippen molar-refractivity contribution in [1.29, 1.82) is 0 Å². The molecule has 0 aliphatic carbocycles. The summed E-state index contributed by atoms with van der Waals surface area (Å²) in [6.45, 7) is 5.06. The molecule has 2 aromatic rings. The van der Waals surface area contributed by atoms with E-state index < -0.39 is 5.41 Å². The van der Waals surface area contributed by atoms with E-state index in [-0.39, 0.29) is 11.7 Å². The second-order valence-electron chi connectivity index (χ2n) is 5.39. The summed E-state index contributed by atoms with van der Waals surface area (Å²) in [4.78, 5) is 16.8. The van der Waals surface area contributed by atoms with E-state index in [4.69, 9.17) is 10.9 Å². The van der Waals surface area contributed by atoms with Crippen LogP contribution in [0.25, 0.3) is 10.9 Å². The van der Waals surface area contributed by atoms with Crippen molar-refractivity contribution in [3.05, 3.63) is 36.0 Å². The number of carbonyl (C=O) groups is 1. The van der Waals surface area contributed by atoms with Crippen LogP contribution in [0.15, 0.2) is 35.5 Å². The zero-order valence-corrected chi connectivity index (χ0v) is 12.2. The number of oxime groups is 1. The molecular formula is C15H18N4O2. The van der Waals surface area contributed by atoms with Gasteiger partial charge in [-0.3, -0.25) is 9.78 Å². The Bertz CT molecular complexity index is 723. The highest BCUT2D eigenvalue weighted by atomic mass is 16.4. The van der Waals surface area contributed by atoms with Crippen LogP contribution in [0, 0.1) is 12.3 Å². The molecule has 0 atom stereocenters. The molecule has 0 saturated heterocycles. The zero-order valence-electron chi connectivity index (χ0n) is 12.2. The smallest absolute Gasteiger partial charge is 0.237 e. The number of carbonyl (C=O) groups excluding carboxylic acids is 1. The molecular weight excluding hydrogens is 268 g/mol. The lowest BCUT2D eigenvalue weighted by Crippen LogP contribution is -2.42. The molecule has 110 valence electrons. The molecule has 4 N–H and O–H groups in total. The third-order valence-corrected chi connectivity index (χ3v) is 3.42. The number of para-hydroxylation sites is 1. The van der Waals surface area contributed by atoms with E-state index in [9.17, 15) is 4.79 Å². The lowest BCUT2D eigenvalue weighted by atomic mass is 9.91. The molecule has 6 nitrogen and oxygen atoms in total. The van der Waals surface area contributed by atoms with Gasteiger partial charge in [0.15, 0.2) is 5.84 Å². The van der Waals surface area contributed by atoms with Crippen molar-refractivity contribution >= 4 is 28.3 Å². The molecule has 0 bridgehead atoms. The van der Waals surface area contributed by atoms with E-state index in [1.54, 1.807) is 19.9 Å². The second-order valence-corrected chi connectivity index (χ2v) is 5.39. The van der Waals surface area contributed by atoms with Gasteiger partial charge >= 0.3 is 0 Å². The number of aromatic nitrogens is 1. The summed E-state index contributed by atoms with van der Waals surface area (Å²) >= 11 is 0. The first-order valence-electron chi connectivity index (χ1n) is 6.52. The molecule has 1 heterocycles. The van der Waals surface area contributed by atoms with Crippen molar-refractivity contribution in [2.45, 2.75) is 20.8 Å². The number of amidine groups is 1. The Morgan fingerprint density at radius 1 is 1.33 bits per heavy atom. The van der Waals surface area contributed by atoms with Gasteiger partial charge in [-0.2, -0.15) is 0 Å². The zero-order chi connectivity index (χ0) is 15.6. The van der Waals surface area contributed by atoms with E-state index in [0.29, 0.717) is 11.2 Å². The summed E-state index contributed by atoms with van der Waals surface area (Å²) in [6.07, 6.45) is 0. The van der Waals surface area contributed by atoms with E-state index in [1.165, 1.54) is 0 Å². The number of nitrogens with zero attached hydrogens (tertiary/aromatic N) is 2. The minimum Gasteiger partial charge on any atom is -0.409 e. The highest BCUT2D eigenvalue weighted by molar-refractivity contribution is 6.13. The molecule has 1 aromatic heterocycles. The fraction of sp³-hybridized carbons (Fsp3) is 0.267. The SMILES string of the molecule is Cc1ccc2cccc(NC(=O)C(C)(C)C(N)=NO)c2n1. The fourth-order valence-corrected chi connectivity index (χ4v) is 1.87. The van der Waals surface area contributed by atoms with E-state index in [2.05, 4.69) is 15.5 Å². The van der Waals surface area contributed by atoms with E-state index in [0.717, 1.165) is 11.1 Å². The number of aryl methyl sites for hydroxylation is 1. The van der Waals surface area contributed by atoms with Gasteiger partial charge < -0.3 is 16.3 Å². The molecule has 0 fully saturated rings. The number of benzene rings is 1. The summed E-state index contributed by atoms with van der Waals surface area (Å²) < 4.78 is 0. The van der Waals surface area contributed by atoms with Crippen molar-refractivity contribution in [2.24, 2.45) is 16.3 Å². The molecule has 0 aliphatic rings. The number of nitrogens with one attached hydrogen (secondary N) is 1. The second kappa shape index (κ2) is 5.40. The number of amides is 1. The van der Waals surface area contributed by atoms with Crippen molar-refractivity contribution in [3.63, 3.8) is 0 Å². The molecule has 0 aliphatic heterocycles. The quantitative estimate of drug-likeness (QED) is 0.348. The number of hydrogen-bond donors (Lipinski definition) is 3. The van der Waals surface area contributed by atoms with Gasteiger partial charge in [0.2, 0.25) is 5.91 Å². The molecule has 0 saturated carbocycles. The lowest BCUT2D eigenvalue weighted by Gasteiger charge is -2.22. The van der Waals surface area contributed by atoms with Gasteiger partial charge in [0, 0.05) is 11.1 Å². The minimum absolute atomic E-state index is 0.149. The van der Waals surface area contributed by atoms with Crippen LogP contribution in [-0.2, 0) is 4.79 Å². The Morgan fingerprint density at radius 2 is 2.05 bits per heavy atom. The Balaban J connectivity index is 2.40. The third-order valence-electron chi connectivity index (χ3n) is 3.42. The maximum atomic E-state index is 12.4. The Morgan fingerprint density at radius 3 is 2.71 bits per heavy atom. The van der Waals surface area contributed by atoms with Crippen LogP contribution in [0.3, 0.4) is 0 Å². The van der Waals surface area contributed by atoms with Crippen LogP contribution < -0.4 is 11.1 Å². The molecule has 1 aromatic carbocycles. The maximum Gasteiger partial charge on any atom is 0.237 e. The van der Waals surface area contributed by atoms with Gasteiger partial charge in [-0.25, -0.2) is 0 Å². The van der Waals surface area contributed by atoms with Crippen LogP contribution in [0.5, 0.6) is 0 Å². The average molecular weight is 286 g/mol. The number of pyridine rings is 1. The number of rotatable bonds is 3. The monoisotopic (exact) mass is 286 g/mol. The highest BCUT2D eigenvalue weighted by Gasteiger charge is 2.33. The van der Waals surface area contributed by atoms with Crippen molar-refractivity contribution < 1.29 is 10.0 Å². The van der Waals surface area contributed by atoms with Gasteiger partial charge in [0.05, 0.1) is 11.2 Å². The Kier molecular flexibility index (Phi) is 3.80. The first-order valence-corrected chi connectivity index (χ1v) is 6.52. The first kappa shape index (κ1) is 14.8. The normalized spacial score (nSPS) is 12.4. The van der Waals surface area contributed by atoms with Crippen molar-refractivity contribution in [2.75, 3.05) is 5.32 Å². The number of fused-ring (bicyclic) bond motifs is 1. The van der Waals surface area contributed by atoms with Crippen LogP contribution >= 0.6 is 0 Å². The number of anilines is 1. The number of hydrogen-bond acceptors (Lipinski definition) is 4. The molecule has 6 heteroatoms. The van der Waals surface area contributed by atoms with Gasteiger partial charge in [0.1, 0.15) is 5.41 Å². The van der Waals surface area contributed by atoms with Crippen molar-refractivity contribution in [3.8, 4) is 0 Å². The largest absolute Gasteiger partial charge is 0.409 e. The summed E-state index contributed by atoms with van der Waals surface area (Å²) in [5.74, 6) is -0.516. The van der Waals surface area contributed by atoms with Crippen LogP contribution in [0.2, 0.25) is 0 Å². The summed E-state index contributed by atoms with van der Waals surface area (Å²) in [7, 11) is 0. The van der Waals surface area contributed by atoms with Gasteiger partial charge in [-0.15, -0.1) is 0 Å². The Labute approximate surface area is 122 Å².